The van der Waals surface area contributed by atoms with Gasteiger partial charge in [-0.15, -0.1) is 0 Å². The van der Waals surface area contributed by atoms with E-state index in [2.05, 4.69) is 0 Å². The van der Waals surface area contributed by atoms with Gasteiger partial charge in [-0.3, -0.25) is 0 Å². The summed E-state index contributed by atoms with van der Waals surface area (Å²) >= 11 is 0. The molecule has 0 radical (unpaired) electrons. The molecule has 5 N–H and O–H groups in total. The Labute approximate surface area is 780 Å². The highest BCUT2D eigenvalue weighted by Crippen LogP contribution is 2.53. The topological polar surface area (TPSA) is 392 Å². The molecule has 8 aromatic carbocycles. The van der Waals surface area contributed by atoms with Gasteiger partial charge in [0.1, 0.15) is 116 Å². The number of benzene rings is 8. The van der Waals surface area contributed by atoms with E-state index in [9.17, 15) is 73.5 Å². The molecular weight excluding hydrogens is 1760 g/mol. The fourth-order valence-corrected chi connectivity index (χ4v) is 21.4. The van der Waals surface area contributed by atoms with Crippen LogP contribution in [0.2, 0.25) is 0 Å². The van der Waals surface area contributed by atoms with Crippen LogP contribution in [-0.2, 0) is 46.3 Å². The lowest BCUT2D eigenvalue weighted by molar-refractivity contribution is 0.112. The summed E-state index contributed by atoms with van der Waals surface area (Å²) in [6.45, 7) is 23.1. The number of fused-ring (bicyclic) bond motifs is 25. The standard InChI is InChI=1S/2C22H21N3O4.C21H25N3O4.C21H19N3O4.C16H17N3O4/c1-13-4-6-14(7-5-13)24-20(27)23-11-10-17-19(25(23)21(24)28)16-9-8-15(26)12-18(16)29-22(17,2)3;1-22(2)17-10-11-24-20(27)23(13-14-6-4-3-5-7-14)21(28)25(24)19(17)16-9-8-15(26)12-18(16)29-22;2*1-21(2)16-10-11-22-19(26)23(13-6-4-3-5-7-13)20(27)24(22)18(16)15-9-8-14(25)12-17(15)28-21;1-16(2)11-6-7-18-14(21)17(3)15(22)19(18)13(11)10-5-4-9(20)8-12(10)23-16/h4-10,12,19,26H,11H2,1-3H3;3-10,12,19,26H,11,13H2,1-2H3;8-10,12-13,18,25H,3-7,11H2,1-2H3;3-10,12,18,25H,11H2,1-2H3;4-6,8,13,20H,7H2,1-3H3. The summed E-state index contributed by atoms with van der Waals surface area (Å²) in [6, 6.07) is 47.8. The first-order chi connectivity index (χ1) is 65.2. The number of rotatable bonds is 5. The van der Waals surface area contributed by atoms with Crippen molar-refractivity contribution in [3.8, 4) is 68.9 Å². The Morgan fingerprint density at radius 1 is 0.307 bits per heavy atom. The maximum Gasteiger partial charge on any atom is 0.352 e. The number of para-hydroxylation sites is 1. The third-order valence-electron chi connectivity index (χ3n) is 27.9. The fourth-order valence-electron chi connectivity index (χ4n) is 21.4. The lowest BCUT2D eigenvalue weighted by Crippen LogP contribution is -2.46. The first-order valence-electron chi connectivity index (χ1n) is 45.6. The van der Waals surface area contributed by atoms with Gasteiger partial charge in [-0.2, -0.15) is 0 Å². The summed E-state index contributed by atoms with van der Waals surface area (Å²) in [5, 5.41) is 49.3. The van der Waals surface area contributed by atoms with Crippen LogP contribution in [0.3, 0.4) is 0 Å². The van der Waals surface area contributed by atoms with Crippen molar-refractivity contribution in [2.24, 2.45) is 7.05 Å². The number of nitrogens with zero attached hydrogens (tertiary/aromatic N) is 15. The molecule has 35 heteroatoms. The van der Waals surface area contributed by atoms with Crippen LogP contribution in [-0.4, -0.2) is 123 Å². The molecular formula is C102H103N15O20. The first kappa shape index (κ1) is 89.0. The number of phenolic OH excluding ortho intramolecular Hbond substituents is 5. The highest BCUT2D eigenvalue weighted by Gasteiger charge is 2.51. The largest absolute Gasteiger partial charge is 0.508 e. The molecule has 0 amide bonds. The second-order valence-corrected chi connectivity index (χ2v) is 38.6. The summed E-state index contributed by atoms with van der Waals surface area (Å²) in [7, 11) is 1.48. The number of hydrogen-bond donors (Lipinski definition) is 5. The van der Waals surface area contributed by atoms with Gasteiger partial charge in [-0.25, -0.2) is 118 Å². The van der Waals surface area contributed by atoms with E-state index < -0.39 is 69.6 Å². The van der Waals surface area contributed by atoms with E-state index >= 15 is 0 Å². The SMILES string of the molecule is CC1(C)Oc2cc(O)ccc2C2C1=CCn1c(=O)n(-c3ccccc3)c(=O)n12.CC1(C)Oc2cc(O)ccc2C2C1=CCn1c(=O)n(C3CCCCC3)c(=O)n12.CC1(C)Oc2cc(O)ccc2C2C1=CCn1c(=O)n(Cc3ccccc3)c(=O)n12.Cc1ccc(-n2c(=O)n3n(c2=O)C2C(=CC3)C(C)(C)Oc3cc(O)ccc32)cc1.Cn1c(=O)n2n(c1=O)C1C(=CC2)C(C)(C)Oc2cc(O)ccc21. The number of aryl methyl sites for hydroxylation is 1. The molecule has 5 unspecified atom stereocenters. The van der Waals surface area contributed by atoms with Crippen molar-refractivity contribution in [3.05, 3.63) is 378 Å². The van der Waals surface area contributed by atoms with Crippen molar-refractivity contribution in [1.29, 1.82) is 0 Å². The van der Waals surface area contributed by atoms with E-state index in [0.717, 1.165) is 103 Å². The van der Waals surface area contributed by atoms with Crippen LogP contribution < -0.4 is 80.6 Å². The number of ether oxygens (including phenoxy) is 5. The van der Waals surface area contributed by atoms with Crippen molar-refractivity contribution >= 4 is 0 Å². The summed E-state index contributed by atoms with van der Waals surface area (Å²) < 4.78 is 51.8. The Morgan fingerprint density at radius 3 is 0.949 bits per heavy atom. The number of aromatic hydroxyl groups is 5. The highest BCUT2D eigenvalue weighted by molar-refractivity contribution is 5.57. The minimum absolute atomic E-state index is 0.0186. The Balaban J connectivity index is 0.000000106. The van der Waals surface area contributed by atoms with Crippen LogP contribution in [0, 0.1) is 6.92 Å². The van der Waals surface area contributed by atoms with Gasteiger partial charge in [0.05, 0.1) is 50.6 Å². The molecule has 0 saturated heterocycles. The number of allylic oxidation sites excluding steroid dienone is 5. The van der Waals surface area contributed by atoms with Gasteiger partial charge in [-0.1, -0.05) is 116 Å². The number of aromatic nitrogens is 15. The predicted molar refractivity (Wildman–Crippen MR) is 506 cm³/mol. The van der Waals surface area contributed by atoms with E-state index in [1.54, 1.807) is 137 Å². The minimum atomic E-state index is -0.682. The van der Waals surface area contributed by atoms with Gasteiger partial charge < -0.3 is 49.2 Å². The van der Waals surface area contributed by atoms with Crippen molar-refractivity contribution in [2.75, 3.05) is 0 Å². The Hall–Kier alpha value is -15.8. The van der Waals surface area contributed by atoms with Gasteiger partial charge in [0.2, 0.25) is 0 Å². The second kappa shape index (κ2) is 32.5. The Bertz CT molecular complexity index is 8030. The van der Waals surface area contributed by atoms with Gasteiger partial charge in [0.15, 0.2) is 0 Å². The summed E-state index contributed by atoms with van der Waals surface area (Å²) in [4.78, 5) is 131. The van der Waals surface area contributed by atoms with Crippen molar-refractivity contribution in [1.82, 2.24) is 69.7 Å². The van der Waals surface area contributed by atoms with E-state index in [0.29, 0.717) is 72.8 Å². The molecule has 15 heterocycles. The zero-order valence-electron chi connectivity index (χ0n) is 77.4. The molecule has 706 valence electrons. The van der Waals surface area contributed by atoms with Crippen LogP contribution in [0.15, 0.2) is 282 Å². The summed E-state index contributed by atoms with van der Waals surface area (Å²) in [6.07, 6.45) is 14.9. The van der Waals surface area contributed by atoms with Gasteiger partial charge in [-0.05, 0) is 207 Å². The van der Waals surface area contributed by atoms with Crippen LogP contribution in [0.4, 0.5) is 0 Å². The van der Waals surface area contributed by atoms with Crippen LogP contribution >= 0.6 is 0 Å². The molecule has 35 nitrogen and oxygen atoms in total. The van der Waals surface area contributed by atoms with Crippen LogP contribution in [0.1, 0.15) is 177 Å². The summed E-state index contributed by atoms with van der Waals surface area (Å²) in [5.41, 5.74) is 4.73. The Kier molecular flexibility index (Phi) is 21.1. The number of hydrogen-bond acceptors (Lipinski definition) is 20. The van der Waals surface area contributed by atoms with Crippen LogP contribution in [0.25, 0.3) is 11.4 Å². The van der Waals surface area contributed by atoms with Gasteiger partial charge in [0.25, 0.3) is 0 Å². The van der Waals surface area contributed by atoms with E-state index in [-0.39, 0.29) is 86.9 Å². The average Bonchev–Trinajstić information content (AvgIpc) is 1.60. The van der Waals surface area contributed by atoms with Gasteiger partial charge in [0, 0.05) is 71.2 Å². The molecule has 0 spiro atoms. The molecule has 1 saturated carbocycles. The quantitative estimate of drug-likeness (QED) is 0.0999. The molecule has 1 aliphatic carbocycles. The van der Waals surface area contributed by atoms with Crippen LogP contribution in [0.5, 0.6) is 57.5 Å². The highest BCUT2D eigenvalue weighted by atomic mass is 16.5. The van der Waals surface area contributed by atoms with Crippen molar-refractivity contribution < 1.29 is 49.2 Å². The Morgan fingerprint density at radius 2 is 0.599 bits per heavy atom. The molecule has 5 atom stereocenters. The fraction of sp³-hybridized carbons (Fsp3) is 0.333. The summed E-state index contributed by atoms with van der Waals surface area (Å²) in [5.74, 6) is 3.08. The maximum atomic E-state index is 13.5. The minimum Gasteiger partial charge on any atom is -0.508 e. The normalized spacial score (nSPS) is 20.1. The zero-order chi connectivity index (χ0) is 96.6. The second-order valence-electron chi connectivity index (χ2n) is 38.6. The third kappa shape index (κ3) is 14.6. The van der Waals surface area contributed by atoms with Crippen molar-refractivity contribution in [2.45, 2.75) is 212 Å². The molecule has 11 aliphatic rings. The molecule has 5 aromatic heterocycles. The molecule has 13 aromatic rings. The lowest BCUT2D eigenvalue weighted by atomic mass is 9.83. The maximum absolute atomic E-state index is 13.5. The average molecular weight is 1860 g/mol. The molecule has 1 fully saturated rings. The zero-order valence-corrected chi connectivity index (χ0v) is 77.4. The van der Waals surface area contributed by atoms with E-state index in [1.807, 2.05) is 155 Å². The first-order valence-corrected chi connectivity index (χ1v) is 45.6. The predicted octanol–water partition coefficient (Wildman–Crippen LogP) is 10.5. The lowest BCUT2D eigenvalue weighted by Gasteiger charge is -2.42. The van der Waals surface area contributed by atoms with Crippen molar-refractivity contribution in [3.63, 3.8) is 0 Å². The van der Waals surface area contributed by atoms with E-state index in [4.69, 9.17) is 23.7 Å². The van der Waals surface area contributed by atoms with Gasteiger partial charge >= 0.3 is 56.9 Å². The molecule has 10 aliphatic heterocycles. The molecule has 24 rings (SSSR count). The number of phenols is 5. The van der Waals surface area contributed by atoms with E-state index in [1.165, 1.54) is 62.8 Å². The smallest absolute Gasteiger partial charge is 0.352 e. The molecule has 137 heavy (non-hydrogen) atoms. The molecule has 0 bridgehead atoms. The monoisotopic (exact) mass is 1860 g/mol. The third-order valence-corrected chi connectivity index (χ3v) is 27.9.